The van der Waals surface area contributed by atoms with Crippen molar-refractivity contribution in [3.8, 4) is 0 Å². The van der Waals surface area contributed by atoms with Gasteiger partial charge in [0.1, 0.15) is 12.2 Å². The van der Waals surface area contributed by atoms with Crippen LogP contribution in [0.15, 0.2) is 15.8 Å². The standard InChI is InChI=1S/C14H18N4O5/c1-14(2)22-8(6-19)10(23-14)7-5-15-9-11(16-7)17(3)13(21)18(4)12(9)20/h5,8,10,19H,6H2,1-4H3/t8-,10+/m0/s1. The van der Waals surface area contributed by atoms with Crippen molar-refractivity contribution >= 4 is 11.2 Å². The van der Waals surface area contributed by atoms with Gasteiger partial charge < -0.3 is 14.6 Å². The Morgan fingerprint density at radius 2 is 1.96 bits per heavy atom. The summed E-state index contributed by atoms with van der Waals surface area (Å²) >= 11 is 0. The highest BCUT2D eigenvalue weighted by Crippen LogP contribution is 2.37. The van der Waals surface area contributed by atoms with Gasteiger partial charge in [0.25, 0.3) is 5.56 Å². The molecule has 3 heterocycles. The molecule has 0 radical (unpaired) electrons. The lowest BCUT2D eigenvalue weighted by Gasteiger charge is -2.16. The fourth-order valence-electron chi connectivity index (χ4n) is 2.70. The van der Waals surface area contributed by atoms with E-state index in [9.17, 15) is 14.7 Å². The summed E-state index contributed by atoms with van der Waals surface area (Å²) in [5, 5.41) is 9.46. The molecule has 3 rings (SSSR count). The maximum atomic E-state index is 12.1. The molecule has 0 spiro atoms. The van der Waals surface area contributed by atoms with Gasteiger partial charge in [-0.05, 0) is 13.8 Å². The highest BCUT2D eigenvalue weighted by atomic mass is 16.8. The van der Waals surface area contributed by atoms with Gasteiger partial charge in [-0.1, -0.05) is 0 Å². The van der Waals surface area contributed by atoms with Crippen molar-refractivity contribution in [3.63, 3.8) is 0 Å². The fourth-order valence-corrected chi connectivity index (χ4v) is 2.70. The Bertz CT molecular complexity index is 885. The highest BCUT2D eigenvalue weighted by molar-refractivity contribution is 5.68. The van der Waals surface area contributed by atoms with Crippen LogP contribution < -0.4 is 11.2 Å². The molecule has 0 unspecified atom stereocenters. The first-order valence-corrected chi connectivity index (χ1v) is 7.14. The molecule has 1 saturated heterocycles. The molecule has 1 N–H and O–H groups in total. The van der Waals surface area contributed by atoms with Crippen LogP contribution in [0.2, 0.25) is 0 Å². The van der Waals surface area contributed by atoms with E-state index in [4.69, 9.17) is 9.47 Å². The van der Waals surface area contributed by atoms with Gasteiger partial charge in [0, 0.05) is 14.1 Å². The number of hydrogen-bond donors (Lipinski definition) is 1. The SMILES string of the molecule is Cn1c(=O)c2ncc([C@H]3OC(C)(C)O[C@H]3CO)nc2n(C)c1=O. The van der Waals surface area contributed by atoms with E-state index in [-0.39, 0.29) is 17.8 Å². The molecule has 0 aromatic carbocycles. The van der Waals surface area contributed by atoms with Crippen molar-refractivity contribution in [2.45, 2.75) is 31.8 Å². The quantitative estimate of drug-likeness (QED) is 0.772. The molecule has 0 bridgehead atoms. The number of hydrogen-bond acceptors (Lipinski definition) is 7. The Balaban J connectivity index is 2.18. The number of aliphatic hydroxyl groups excluding tert-OH is 1. The zero-order valence-corrected chi connectivity index (χ0v) is 13.3. The van der Waals surface area contributed by atoms with Crippen LogP contribution in [0, 0.1) is 0 Å². The van der Waals surface area contributed by atoms with E-state index in [1.165, 1.54) is 24.9 Å². The lowest BCUT2D eigenvalue weighted by molar-refractivity contribution is -0.149. The minimum atomic E-state index is -0.868. The van der Waals surface area contributed by atoms with Crippen molar-refractivity contribution in [2.75, 3.05) is 6.61 Å². The predicted molar refractivity (Wildman–Crippen MR) is 79.9 cm³/mol. The smallest absolute Gasteiger partial charge is 0.332 e. The van der Waals surface area contributed by atoms with E-state index < -0.39 is 29.2 Å². The first-order chi connectivity index (χ1) is 10.7. The largest absolute Gasteiger partial charge is 0.394 e. The van der Waals surface area contributed by atoms with E-state index in [0.29, 0.717) is 5.69 Å². The third kappa shape index (κ3) is 2.46. The topological polar surface area (TPSA) is 108 Å². The zero-order valence-electron chi connectivity index (χ0n) is 13.3. The molecule has 2 atom stereocenters. The Hall–Kier alpha value is -2.10. The third-order valence-corrected chi connectivity index (χ3v) is 3.83. The Morgan fingerprint density at radius 3 is 2.61 bits per heavy atom. The van der Waals surface area contributed by atoms with E-state index in [2.05, 4.69) is 9.97 Å². The fraction of sp³-hybridized carbons (Fsp3) is 0.571. The van der Waals surface area contributed by atoms with Crippen molar-refractivity contribution in [1.29, 1.82) is 0 Å². The summed E-state index contributed by atoms with van der Waals surface area (Å²) in [4.78, 5) is 32.6. The third-order valence-electron chi connectivity index (χ3n) is 3.83. The van der Waals surface area contributed by atoms with E-state index in [1.54, 1.807) is 13.8 Å². The first-order valence-electron chi connectivity index (χ1n) is 7.14. The first kappa shape index (κ1) is 15.8. The number of aryl methyl sites for hydroxylation is 1. The van der Waals surface area contributed by atoms with Gasteiger partial charge in [-0.25, -0.2) is 14.8 Å². The van der Waals surface area contributed by atoms with E-state index in [0.717, 1.165) is 4.57 Å². The summed E-state index contributed by atoms with van der Waals surface area (Å²) < 4.78 is 13.6. The van der Waals surface area contributed by atoms with Crippen LogP contribution >= 0.6 is 0 Å². The van der Waals surface area contributed by atoms with Gasteiger partial charge in [-0.2, -0.15) is 0 Å². The molecule has 1 fully saturated rings. The molecule has 9 nitrogen and oxygen atoms in total. The molecule has 0 amide bonds. The average molecular weight is 322 g/mol. The van der Waals surface area contributed by atoms with Crippen molar-refractivity contribution < 1.29 is 14.6 Å². The molecule has 1 aliphatic rings. The number of fused-ring (bicyclic) bond motifs is 1. The van der Waals surface area contributed by atoms with Crippen molar-refractivity contribution in [2.24, 2.45) is 14.1 Å². The molecular weight excluding hydrogens is 304 g/mol. The van der Waals surface area contributed by atoms with Gasteiger partial charge in [-0.3, -0.25) is 13.9 Å². The monoisotopic (exact) mass is 322 g/mol. The molecule has 124 valence electrons. The maximum Gasteiger partial charge on any atom is 0.332 e. The number of ether oxygens (including phenoxy) is 2. The molecule has 9 heteroatoms. The molecule has 0 saturated carbocycles. The molecule has 2 aromatic rings. The average Bonchev–Trinajstić information content (AvgIpc) is 2.85. The molecule has 0 aliphatic carbocycles. The lowest BCUT2D eigenvalue weighted by Crippen LogP contribution is -2.38. The lowest BCUT2D eigenvalue weighted by atomic mass is 10.1. The Morgan fingerprint density at radius 1 is 1.26 bits per heavy atom. The molecule has 1 aliphatic heterocycles. The van der Waals surface area contributed by atoms with Crippen LogP contribution in [0.1, 0.15) is 25.6 Å². The Labute approximate surface area is 131 Å². The van der Waals surface area contributed by atoms with Crippen LogP contribution in [0.5, 0.6) is 0 Å². The molecule has 2 aromatic heterocycles. The summed E-state index contributed by atoms with van der Waals surface area (Å²) in [7, 11) is 2.90. The maximum absolute atomic E-state index is 12.1. The summed E-state index contributed by atoms with van der Waals surface area (Å²) in [5.74, 6) is -0.868. The predicted octanol–water partition coefficient (Wildman–Crippen LogP) is -0.788. The minimum Gasteiger partial charge on any atom is -0.394 e. The zero-order chi connectivity index (χ0) is 16.9. The van der Waals surface area contributed by atoms with Gasteiger partial charge in [0.2, 0.25) is 0 Å². The normalized spacial score (nSPS) is 23.5. The van der Waals surface area contributed by atoms with Crippen LogP contribution in [0.3, 0.4) is 0 Å². The van der Waals surface area contributed by atoms with Gasteiger partial charge >= 0.3 is 5.69 Å². The summed E-state index contributed by atoms with van der Waals surface area (Å²) in [6.45, 7) is 3.22. The van der Waals surface area contributed by atoms with Gasteiger partial charge in [-0.15, -0.1) is 0 Å². The van der Waals surface area contributed by atoms with Crippen molar-refractivity contribution in [1.82, 2.24) is 19.1 Å². The second kappa shape index (κ2) is 5.22. The number of nitrogens with zero attached hydrogens (tertiary/aromatic N) is 4. The minimum absolute atomic E-state index is 0.0945. The number of aromatic nitrogens is 4. The van der Waals surface area contributed by atoms with E-state index in [1.807, 2.05) is 0 Å². The Kier molecular flexibility index (Phi) is 3.58. The number of rotatable bonds is 2. The van der Waals surface area contributed by atoms with Crippen LogP contribution in [0.4, 0.5) is 0 Å². The summed E-state index contributed by atoms with van der Waals surface area (Å²) in [6, 6.07) is 0. The number of aliphatic hydroxyl groups is 1. The molecular formula is C14H18N4O5. The second-order valence-corrected chi connectivity index (χ2v) is 5.95. The van der Waals surface area contributed by atoms with Crippen LogP contribution in [0.25, 0.3) is 11.2 Å². The van der Waals surface area contributed by atoms with Gasteiger partial charge in [0.05, 0.1) is 18.5 Å². The van der Waals surface area contributed by atoms with E-state index >= 15 is 0 Å². The summed E-state index contributed by atoms with van der Waals surface area (Å²) in [6.07, 6.45) is 0.179. The van der Waals surface area contributed by atoms with Crippen LogP contribution in [-0.2, 0) is 23.6 Å². The second-order valence-electron chi connectivity index (χ2n) is 5.95. The van der Waals surface area contributed by atoms with Gasteiger partial charge in [0.15, 0.2) is 17.0 Å². The molecule has 23 heavy (non-hydrogen) atoms. The van der Waals surface area contributed by atoms with Crippen LogP contribution in [-0.4, -0.2) is 42.7 Å². The summed E-state index contributed by atoms with van der Waals surface area (Å²) in [5.41, 5.74) is -0.343. The highest BCUT2D eigenvalue weighted by Gasteiger charge is 2.42. The van der Waals surface area contributed by atoms with Crippen molar-refractivity contribution in [3.05, 3.63) is 32.7 Å².